The Kier molecular flexibility index (Phi) is 6.88. The second-order valence-corrected chi connectivity index (χ2v) is 10.5. The number of hydrogen-bond donors (Lipinski definition) is 2. The maximum Gasteiger partial charge on any atom is 0.352 e. The Morgan fingerprint density at radius 2 is 1.84 bits per heavy atom. The summed E-state index contributed by atoms with van der Waals surface area (Å²) in [6.45, 7) is 5.87. The van der Waals surface area contributed by atoms with Crippen LogP contribution in [0.5, 0.6) is 0 Å². The first-order valence-electron chi connectivity index (χ1n) is 13.0. The molecule has 10 nitrogen and oxygen atoms in total. The van der Waals surface area contributed by atoms with Crippen molar-refractivity contribution >= 4 is 34.2 Å². The highest BCUT2D eigenvalue weighted by Crippen LogP contribution is 2.20. The van der Waals surface area contributed by atoms with Crippen LogP contribution in [0.4, 0.5) is 5.69 Å². The molecule has 38 heavy (non-hydrogen) atoms. The fraction of sp³-hybridized carbons (Fsp3) is 0.393. The van der Waals surface area contributed by atoms with Crippen molar-refractivity contribution in [1.29, 1.82) is 0 Å². The molecular formula is C28H32N6O4. The molecule has 1 aliphatic carbocycles. The van der Waals surface area contributed by atoms with Crippen LogP contribution >= 0.6 is 0 Å². The molecule has 0 aliphatic heterocycles. The third-order valence-electron chi connectivity index (χ3n) is 6.87. The van der Waals surface area contributed by atoms with E-state index in [9.17, 15) is 19.2 Å². The molecule has 2 aromatic heterocycles. The van der Waals surface area contributed by atoms with Crippen LogP contribution in [-0.4, -0.2) is 36.6 Å². The molecule has 2 aromatic carbocycles. The van der Waals surface area contributed by atoms with E-state index in [1.807, 2.05) is 39.0 Å². The highest BCUT2D eigenvalue weighted by Gasteiger charge is 2.22. The maximum atomic E-state index is 13.6. The summed E-state index contributed by atoms with van der Waals surface area (Å²) in [7, 11) is 0. The van der Waals surface area contributed by atoms with Gasteiger partial charge in [0, 0.05) is 23.8 Å². The van der Waals surface area contributed by atoms with Crippen LogP contribution in [0.15, 0.2) is 52.1 Å². The first-order chi connectivity index (χ1) is 18.2. The molecule has 1 fully saturated rings. The predicted molar refractivity (Wildman–Crippen MR) is 146 cm³/mol. The average molecular weight is 517 g/mol. The lowest BCUT2D eigenvalue weighted by molar-refractivity contribution is -0.117. The number of carbonyl (C=O) groups is 2. The minimum absolute atomic E-state index is 0.107. The normalized spacial score (nSPS) is 14.0. The van der Waals surface area contributed by atoms with Gasteiger partial charge in [-0.15, -0.1) is 5.10 Å². The van der Waals surface area contributed by atoms with Gasteiger partial charge in [-0.2, -0.15) is 0 Å². The largest absolute Gasteiger partial charge is 0.352 e. The third-order valence-corrected chi connectivity index (χ3v) is 6.87. The number of carbonyl (C=O) groups excluding carboxylic acids is 2. The molecule has 2 N–H and O–H groups in total. The van der Waals surface area contributed by atoms with Crippen molar-refractivity contribution in [1.82, 2.24) is 24.1 Å². The van der Waals surface area contributed by atoms with E-state index in [0.29, 0.717) is 28.7 Å². The van der Waals surface area contributed by atoms with Gasteiger partial charge in [0.25, 0.3) is 11.5 Å². The van der Waals surface area contributed by atoms with E-state index in [2.05, 4.69) is 15.7 Å². The molecule has 2 amide bonds. The minimum Gasteiger partial charge on any atom is -0.349 e. The van der Waals surface area contributed by atoms with Gasteiger partial charge < -0.3 is 10.6 Å². The van der Waals surface area contributed by atoms with Crippen LogP contribution in [-0.2, 0) is 17.9 Å². The van der Waals surface area contributed by atoms with Gasteiger partial charge in [-0.25, -0.2) is 13.9 Å². The highest BCUT2D eigenvalue weighted by molar-refractivity contribution is 5.98. The van der Waals surface area contributed by atoms with E-state index in [0.717, 1.165) is 35.9 Å². The topological polar surface area (TPSA) is 120 Å². The highest BCUT2D eigenvalue weighted by atomic mass is 16.2. The molecule has 10 heteroatoms. The number of hydrogen-bond acceptors (Lipinski definition) is 5. The zero-order valence-electron chi connectivity index (χ0n) is 21.9. The molecule has 5 rings (SSSR count). The van der Waals surface area contributed by atoms with E-state index in [1.165, 1.54) is 8.97 Å². The Morgan fingerprint density at radius 3 is 2.55 bits per heavy atom. The summed E-state index contributed by atoms with van der Waals surface area (Å²) >= 11 is 0. The second kappa shape index (κ2) is 10.3. The molecule has 0 bridgehead atoms. The van der Waals surface area contributed by atoms with E-state index in [4.69, 9.17) is 0 Å². The number of anilines is 1. The number of fused-ring (bicyclic) bond motifs is 3. The van der Waals surface area contributed by atoms with Crippen molar-refractivity contribution in [3.05, 3.63) is 74.4 Å². The van der Waals surface area contributed by atoms with Gasteiger partial charge in [0.2, 0.25) is 11.7 Å². The van der Waals surface area contributed by atoms with Crippen LogP contribution in [0.3, 0.4) is 0 Å². The summed E-state index contributed by atoms with van der Waals surface area (Å²) in [5.74, 6) is -0.413. The van der Waals surface area contributed by atoms with E-state index in [1.54, 1.807) is 24.3 Å². The van der Waals surface area contributed by atoms with Gasteiger partial charge in [-0.3, -0.25) is 19.0 Å². The third kappa shape index (κ3) is 4.98. The molecule has 0 saturated heterocycles. The number of aromatic nitrogens is 4. The monoisotopic (exact) mass is 516 g/mol. The van der Waals surface area contributed by atoms with Crippen LogP contribution in [0, 0.1) is 12.8 Å². The summed E-state index contributed by atoms with van der Waals surface area (Å²) in [4.78, 5) is 52.8. The lowest BCUT2D eigenvalue weighted by Crippen LogP contribution is -2.33. The molecule has 1 saturated carbocycles. The smallest absolute Gasteiger partial charge is 0.349 e. The molecule has 2 heterocycles. The van der Waals surface area contributed by atoms with Crippen molar-refractivity contribution in [2.75, 3.05) is 5.32 Å². The standard InChI is InChI=1S/C28H32N6O4/c1-17(2)15-32-26(37)22-12-11-19(25(36)30-20-8-4-5-9-20)14-23(22)34-27(32)31-33(28(34)38)16-24(35)29-21-10-6-7-18(3)13-21/h6-7,10-14,17,20H,4-5,8-9,15-16H2,1-3H3,(H,29,35)(H,30,36). The number of nitrogens with zero attached hydrogens (tertiary/aromatic N) is 4. The molecule has 198 valence electrons. The molecule has 0 spiro atoms. The predicted octanol–water partition coefficient (Wildman–Crippen LogP) is 3.09. The van der Waals surface area contributed by atoms with Crippen LogP contribution < -0.4 is 21.9 Å². The number of nitrogens with one attached hydrogen (secondary N) is 2. The summed E-state index contributed by atoms with van der Waals surface area (Å²) in [6.07, 6.45) is 4.07. The molecule has 0 atom stereocenters. The van der Waals surface area contributed by atoms with E-state index >= 15 is 0 Å². The Bertz CT molecular complexity index is 1660. The summed E-state index contributed by atoms with van der Waals surface area (Å²) < 4.78 is 3.84. The van der Waals surface area contributed by atoms with Crippen LogP contribution in [0.25, 0.3) is 16.7 Å². The van der Waals surface area contributed by atoms with Crippen molar-refractivity contribution in [3.63, 3.8) is 0 Å². The quantitative estimate of drug-likeness (QED) is 0.391. The van der Waals surface area contributed by atoms with Gasteiger partial charge in [0.05, 0.1) is 10.9 Å². The van der Waals surface area contributed by atoms with Crippen molar-refractivity contribution in [3.8, 4) is 0 Å². The van der Waals surface area contributed by atoms with Gasteiger partial charge in [0.15, 0.2) is 0 Å². The summed E-state index contributed by atoms with van der Waals surface area (Å²) in [6, 6.07) is 12.3. The second-order valence-electron chi connectivity index (χ2n) is 10.5. The fourth-order valence-electron chi connectivity index (χ4n) is 5.09. The molecule has 0 unspecified atom stereocenters. The van der Waals surface area contributed by atoms with Crippen LogP contribution in [0.1, 0.15) is 55.5 Å². The van der Waals surface area contributed by atoms with Crippen LogP contribution in [0.2, 0.25) is 0 Å². The molecular weight excluding hydrogens is 484 g/mol. The molecule has 0 radical (unpaired) electrons. The Morgan fingerprint density at radius 1 is 1.08 bits per heavy atom. The lowest BCUT2D eigenvalue weighted by atomic mass is 10.1. The zero-order valence-corrected chi connectivity index (χ0v) is 21.9. The van der Waals surface area contributed by atoms with Gasteiger partial charge >= 0.3 is 5.69 Å². The Hall–Kier alpha value is -4.21. The maximum absolute atomic E-state index is 13.6. The number of amides is 2. The molecule has 1 aliphatic rings. The molecule has 4 aromatic rings. The zero-order chi connectivity index (χ0) is 27.0. The van der Waals surface area contributed by atoms with Gasteiger partial charge in [-0.05, 0) is 61.6 Å². The van der Waals surface area contributed by atoms with Crippen molar-refractivity contribution in [2.24, 2.45) is 5.92 Å². The van der Waals surface area contributed by atoms with E-state index < -0.39 is 11.6 Å². The minimum atomic E-state index is -0.560. The summed E-state index contributed by atoms with van der Waals surface area (Å²) in [5, 5.41) is 10.5. The fourth-order valence-corrected chi connectivity index (χ4v) is 5.09. The first-order valence-corrected chi connectivity index (χ1v) is 13.0. The summed E-state index contributed by atoms with van der Waals surface area (Å²) in [5.41, 5.74) is 1.40. The number of aryl methyl sites for hydroxylation is 1. The van der Waals surface area contributed by atoms with Crippen molar-refractivity contribution < 1.29 is 9.59 Å². The Balaban J connectivity index is 1.58. The van der Waals surface area contributed by atoms with Gasteiger partial charge in [0.1, 0.15) is 6.54 Å². The number of rotatable bonds is 7. The lowest BCUT2D eigenvalue weighted by Gasteiger charge is -2.14. The van der Waals surface area contributed by atoms with E-state index in [-0.39, 0.29) is 35.7 Å². The average Bonchev–Trinajstić information content (AvgIpc) is 3.49. The number of benzene rings is 2. The van der Waals surface area contributed by atoms with Gasteiger partial charge in [-0.1, -0.05) is 38.8 Å². The first kappa shape index (κ1) is 25.4. The Labute approximate surface area is 219 Å². The SMILES string of the molecule is Cc1cccc(NC(=O)Cn2nc3n(CC(C)C)c(=O)c4ccc(C(=O)NC5CCCC5)cc4n3c2=O)c1. The van der Waals surface area contributed by atoms with Crippen molar-refractivity contribution in [2.45, 2.75) is 65.6 Å².